The van der Waals surface area contributed by atoms with Crippen LogP contribution in [0.1, 0.15) is 36.8 Å². The van der Waals surface area contributed by atoms with E-state index >= 15 is 0 Å². The second kappa shape index (κ2) is 5.02. The highest BCUT2D eigenvalue weighted by atomic mass is 15.2. The Kier molecular flexibility index (Phi) is 3.40. The average molecular weight is 244 g/mol. The summed E-state index contributed by atoms with van der Waals surface area (Å²) in [4.78, 5) is 2.64. The van der Waals surface area contributed by atoms with Crippen LogP contribution in [0.5, 0.6) is 0 Å². The molecule has 18 heavy (non-hydrogen) atoms. The van der Waals surface area contributed by atoms with E-state index in [1.165, 1.54) is 49.9 Å². The first kappa shape index (κ1) is 12.2. The van der Waals surface area contributed by atoms with E-state index in [4.69, 9.17) is 0 Å². The van der Waals surface area contributed by atoms with Crippen LogP contribution in [0.2, 0.25) is 0 Å². The van der Waals surface area contributed by atoms with E-state index in [-0.39, 0.29) is 0 Å². The highest BCUT2D eigenvalue weighted by Crippen LogP contribution is 2.32. The maximum Gasteiger partial charge on any atom is 0.0309 e. The summed E-state index contributed by atoms with van der Waals surface area (Å²) in [6, 6.07) is 8.94. The smallest absolute Gasteiger partial charge is 0.0309 e. The van der Waals surface area contributed by atoms with E-state index < -0.39 is 0 Å². The van der Waals surface area contributed by atoms with Crippen LogP contribution in [-0.4, -0.2) is 30.1 Å². The second-order valence-electron chi connectivity index (χ2n) is 6.11. The average Bonchev–Trinajstić information content (AvgIpc) is 2.77. The lowest BCUT2D eigenvalue weighted by Crippen LogP contribution is -2.58. The van der Waals surface area contributed by atoms with Gasteiger partial charge in [-0.3, -0.25) is 4.90 Å². The second-order valence-corrected chi connectivity index (χ2v) is 6.11. The van der Waals surface area contributed by atoms with Gasteiger partial charge in [0.15, 0.2) is 0 Å². The zero-order valence-corrected chi connectivity index (χ0v) is 11.4. The largest absolute Gasteiger partial charge is 0.309 e. The molecule has 1 spiro atoms. The molecular formula is C16H24N2. The Morgan fingerprint density at radius 1 is 1.28 bits per heavy atom. The van der Waals surface area contributed by atoms with Gasteiger partial charge in [0.2, 0.25) is 0 Å². The van der Waals surface area contributed by atoms with Gasteiger partial charge in [-0.25, -0.2) is 0 Å². The van der Waals surface area contributed by atoms with Crippen LogP contribution in [0.4, 0.5) is 0 Å². The summed E-state index contributed by atoms with van der Waals surface area (Å²) in [5, 5.41) is 3.78. The summed E-state index contributed by atoms with van der Waals surface area (Å²) >= 11 is 0. The summed E-state index contributed by atoms with van der Waals surface area (Å²) in [7, 11) is 0. The minimum Gasteiger partial charge on any atom is -0.309 e. The van der Waals surface area contributed by atoms with Gasteiger partial charge < -0.3 is 5.32 Å². The van der Waals surface area contributed by atoms with Crippen LogP contribution in [0.15, 0.2) is 24.3 Å². The number of hydrogen-bond donors (Lipinski definition) is 1. The molecule has 0 bridgehead atoms. The van der Waals surface area contributed by atoms with Crippen LogP contribution in [-0.2, 0) is 6.54 Å². The third-order valence-corrected chi connectivity index (χ3v) is 4.50. The molecule has 2 fully saturated rings. The van der Waals surface area contributed by atoms with Crippen molar-refractivity contribution < 1.29 is 0 Å². The molecule has 2 aliphatic rings. The van der Waals surface area contributed by atoms with Crippen molar-refractivity contribution in [3.63, 3.8) is 0 Å². The van der Waals surface area contributed by atoms with Crippen LogP contribution < -0.4 is 5.32 Å². The summed E-state index contributed by atoms with van der Waals surface area (Å²) in [6.45, 7) is 6.88. The molecular weight excluding hydrogens is 220 g/mol. The van der Waals surface area contributed by atoms with Gasteiger partial charge >= 0.3 is 0 Å². The molecule has 1 aromatic carbocycles. The van der Waals surface area contributed by atoms with Gasteiger partial charge in [0.1, 0.15) is 0 Å². The zero-order chi connectivity index (χ0) is 12.4. The lowest BCUT2D eigenvalue weighted by Gasteiger charge is -2.41. The number of benzene rings is 1. The van der Waals surface area contributed by atoms with Gasteiger partial charge in [0.05, 0.1) is 0 Å². The molecule has 0 radical (unpaired) electrons. The van der Waals surface area contributed by atoms with E-state index in [0.717, 1.165) is 13.1 Å². The predicted octanol–water partition coefficient (Wildman–Crippen LogP) is 2.71. The Hall–Kier alpha value is -0.860. The van der Waals surface area contributed by atoms with Crippen molar-refractivity contribution in [1.82, 2.24) is 10.2 Å². The summed E-state index contributed by atoms with van der Waals surface area (Å²) in [6.07, 6.45) is 5.56. The van der Waals surface area contributed by atoms with E-state index in [0.29, 0.717) is 5.54 Å². The molecule has 1 saturated carbocycles. The minimum absolute atomic E-state index is 0.447. The fourth-order valence-corrected chi connectivity index (χ4v) is 3.63. The summed E-state index contributed by atoms with van der Waals surface area (Å²) in [5.41, 5.74) is 3.28. The van der Waals surface area contributed by atoms with Gasteiger partial charge in [0, 0.05) is 31.7 Å². The van der Waals surface area contributed by atoms with Crippen molar-refractivity contribution in [3.8, 4) is 0 Å². The molecule has 1 aliphatic heterocycles. The number of hydrogen-bond acceptors (Lipinski definition) is 2. The SMILES string of the molecule is Cc1cccc(CN2CCNC3(CCCC3)C2)c1. The van der Waals surface area contributed by atoms with Crippen molar-refractivity contribution in [3.05, 3.63) is 35.4 Å². The van der Waals surface area contributed by atoms with Crippen LogP contribution >= 0.6 is 0 Å². The van der Waals surface area contributed by atoms with Gasteiger partial charge in [-0.2, -0.15) is 0 Å². The molecule has 1 aliphatic carbocycles. The first-order valence-electron chi connectivity index (χ1n) is 7.29. The molecule has 2 nitrogen and oxygen atoms in total. The third-order valence-electron chi connectivity index (χ3n) is 4.50. The molecule has 1 N–H and O–H groups in total. The highest BCUT2D eigenvalue weighted by Gasteiger charge is 2.37. The lowest BCUT2D eigenvalue weighted by molar-refractivity contribution is 0.129. The fourth-order valence-electron chi connectivity index (χ4n) is 3.63. The number of piperazine rings is 1. The molecule has 0 aromatic heterocycles. The molecule has 0 unspecified atom stereocenters. The van der Waals surface area contributed by atoms with Crippen LogP contribution in [0, 0.1) is 6.92 Å². The van der Waals surface area contributed by atoms with Gasteiger partial charge in [-0.1, -0.05) is 42.7 Å². The predicted molar refractivity (Wildman–Crippen MR) is 75.7 cm³/mol. The molecule has 0 atom stereocenters. The van der Waals surface area contributed by atoms with E-state index in [9.17, 15) is 0 Å². The third kappa shape index (κ3) is 2.60. The fraction of sp³-hybridized carbons (Fsp3) is 0.625. The Bertz CT molecular complexity index is 407. The van der Waals surface area contributed by atoms with Crippen molar-refractivity contribution in [2.24, 2.45) is 0 Å². The van der Waals surface area contributed by atoms with E-state index in [2.05, 4.69) is 41.4 Å². The van der Waals surface area contributed by atoms with Crippen molar-refractivity contribution >= 4 is 0 Å². The van der Waals surface area contributed by atoms with Crippen LogP contribution in [0.3, 0.4) is 0 Å². The van der Waals surface area contributed by atoms with E-state index in [1.54, 1.807) is 0 Å². The number of nitrogens with zero attached hydrogens (tertiary/aromatic N) is 1. The molecule has 1 heterocycles. The highest BCUT2D eigenvalue weighted by molar-refractivity contribution is 5.22. The van der Waals surface area contributed by atoms with Gasteiger partial charge in [-0.05, 0) is 25.3 Å². The first-order valence-corrected chi connectivity index (χ1v) is 7.29. The standard InChI is InChI=1S/C16H24N2/c1-14-5-4-6-15(11-14)12-18-10-9-17-16(13-18)7-2-3-8-16/h4-6,11,17H,2-3,7-10,12-13H2,1H3. The minimum atomic E-state index is 0.447. The maximum absolute atomic E-state index is 3.78. The lowest BCUT2D eigenvalue weighted by atomic mass is 9.94. The molecule has 98 valence electrons. The maximum atomic E-state index is 3.78. The Balaban J connectivity index is 1.66. The van der Waals surface area contributed by atoms with Gasteiger partial charge in [0.25, 0.3) is 0 Å². The van der Waals surface area contributed by atoms with Crippen molar-refractivity contribution in [2.75, 3.05) is 19.6 Å². The number of rotatable bonds is 2. The molecule has 0 amide bonds. The Morgan fingerprint density at radius 2 is 2.11 bits per heavy atom. The summed E-state index contributed by atoms with van der Waals surface area (Å²) in [5.74, 6) is 0. The Labute approximate surface area is 110 Å². The van der Waals surface area contributed by atoms with Crippen molar-refractivity contribution in [1.29, 1.82) is 0 Å². The molecule has 2 heteroatoms. The monoisotopic (exact) mass is 244 g/mol. The molecule has 1 saturated heterocycles. The zero-order valence-electron chi connectivity index (χ0n) is 11.4. The number of nitrogens with one attached hydrogen (secondary N) is 1. The number of aryl methyl sites for hydroxylation is 1. The molecule has 1 aromatic rings. The van der Waals surface area contributed by atoms with Gasteiger partial charge in [-0.15, -0.1) is 0 Å². The molecule has 3 rings (SSSR count). The van der Waals surface area contributed by atoms with E-state index in [1.807, 2.05) is 0 Å². The normalized spacial score (nSPS) is 23.6. The van der Waals surface area contributed by atoms with Crippen LogP contribution in [0.25, 0.3) is 0 Å². The van der Waals surface area contributed by atoms with Crippen molar-refractivity contribution in [2.45, 2.75) is 44.7 Å². The summed E-state index contributed by atoms with van der Waals surface area (Å²) < 4.78 is 0. The Morgan fingerprint density at radius 3 is 2.89 bits per heavy atom. The quantitative estimate of drug-likeness (QED) is 0.860. The topological polar surface area (TPSA) is 15.3 Å². The first-order chi connectivity index (χ1) is 8.76.